The van der Waals surface area contributed by atoms with Crippen LogP contribution in [0.2, 0.25) is 5.15 Å². The van der Waals surface area contributed by atoms with Gasteiger partial charge in [0.15, 0.2) is 0 Å². The lowest BCUT2D eigenvalue weighted by Gasteiger charge is -2.21. The first-order valence-electron chi connectivity index (χ1n) is 7.63. The molecule has 0 saturated heterocycles. The Hall–Kier alpha value is -1.93. The molecule has 2 aromatic rings. The van der Waals surface area contributed by atoms with Crippen molar-refractivity contribution in [3.8, 4) is 11.1 Å². The predicted molar refractivity (Wildman–Crippen MR) is 91.5 cm³/mol. The third-order valence-electron chi connectivity index (χ3n) is 4.30. The Balaban J connectivity index is 1.96. The van der Waals surface area contributed by atoms with Crippen molar-refractivity contribution >= 4 is 23.4 Å². The van der Waals surface area contributed by atoms with Crippen LogP contribution >= 0.6 is 11.6 Å². The van der Waals surface area contributed by atoms with E-state index in [1.807, 2.05) is 30.3 Å². The standard InChI is InChI=1S/C16H19ClN4O3/c17-14-11(8-4-2-1-3-5-8)15(21-16(18)20-14)19-10-6-9(7-22)12(23)13(10)24/h1-5,9-10,12-13,22-24H,6-7H2,(H3,18,19,20,21). The van der Waals surface area contributed by atoms with Gasteiger partial charge in [0, 0.05) is 12.5 Å². The highest BCUT2D eigenvalue weighted by molar-refractivity contribution is 6.32. The van der Waals surface area contributed by atoms with Crippen molar-refractivity contribution in [2.45, 2.75) is 24.7 Å². The topological polar surface area (TPSA) is 125 Å². The van der Waals surface area contributed by atoms with Crippen LogP contribution in [-0.2, 0) is 0 Å². The number of anilines is 2. The summed E-state index contributed by atoms with van der Waals surface area (Å²) in [4.78, 5) is 8.19. The van der Waals surface area contributed by atoms with E-state index in [9.17, 15) is 15.3 Å². The summed E-state index contributed by atoms with van der Waals surface area (Å²) in [7, 11) is 0. The molecular weight excluding hydrogens is 332 g/mol. The first-order valence-corrected chi connectivity index (χ1v) is 8.01. The predicted octanol–water partition coefficient (Wildman–Crippen LogP) is 0.894. The van der Waals surface area contributed by atoms with Crippen LogP contribution in [0.3, 0.4) is 0 Å². The fourth-order valence-corrected chi connectivity index (χ4v) is 3.32. The number of rotatable bonds is 4. The van der Waals surface area contributed by atoms with Crippen molar-refractivity contribution in [3.63, 3.8) is 0 Å². The van der Waals surface area contributed by atoms with Gasteiger partial charge in [0.1, 0.15) is 17.1 Å². The number of nitrogens with two attached hydrogens (primary N) is 1. The number of aliphatic hydroxyl groups is 3. The minimum Gasteiger partial charge on any atom is -0.396 e. The minimum absolute atomic E-state index is 0.00826. The Morgan fingerprint density at radius 2 is 1.88 bits per heavy atom. The van der Waals surface area contributed by atoms with Crippen LogP contribution in [0.5, 0.6) is 0 Å². The molecule has 1 aliphatic carbocycles. The summed E-state index contributed by atoms with van der Waals surface area (Å²) in [5.74, 6) is -0.00482. The number of benzene rings is 1. The van der Waals surface area contributed by atoms with E-state index in [4.69, 9.17) is 17.3 Å². The zero-order valence-electron chi connectivity index (χ0n) is 12.8. The van der Waals surface area contributed by atoms with E-state index >= 15 is 0 Å². The molecule has 0 aliphatic heterocycles. The van der Waals surface area contributed by atoms with Crippen LogP contribution < -0.4 is 11.1 Å². The average Bonchev–Trinajstić information content (AvgIpc) is 2.83. The third-order valence-corrected chi connectivity index (χ3v) is 4.58. The summed E-state index contributed by atoms with van der Waals surface area (Å²) in [5.41, 5.74) is 7.07. The molecule has 0 bridgehead atoms. The van der Waals surface area contributed by atoms with Crippen molar-refractivity contribution in [1.29, 1.82) is 0 Å². The number of aliphatic hydroxyl groups excluding tert-OH is 3. The molecule has 8 heteroatoms. The quantitative estimate of drug-likeness (QED) is 0.519. The zero-order chi connectivity index (χ0) is 17.3. The van der Waals surface area contributed by atoms with Gasteiger partial charge in [-0.1, -0.05) is 41.9 Å². The Labute approximate surface area is 144 Å². The molecule has 1 aromatic heterocycles. The van der Waals surface area contributed by atoms with Gasteiger partial charge in [-0.3, -0.25) is 0 Å². The van der Waals surface area contributed by atoms with Crippen molar-refractivity contribution in [2.24, 2.45) is 5.92 Å². The number of nitrogens with one attached hydrogen (secondary N) is 1. The maximum atomic E-state index is 10.2. The second kappa shape index (κ2) is 6.90. The highest BCUT2D eigenvalue weighted by Crippen LogP contribution is 2.36. The van der Waals surface area contributed by atoms with Crippen LogP contribution in [0.25, 0.3) is 11.1 Å². The van der Waals surface area contributed by atoms with Gasteiger partial charge in [0.25, 0.3) is 0 Å². The fourth-order valence-electron chi connectivity index (χ4n) is 3.04. The van der Waals surface area contributed by atoms with E-state index in [1.54, 1.807) is 0 Å². The summed E-state index contributed by atoms with van der Waals surface area (Å²) >= 11 is 6.25. The van der Waals surface area contributed by atoms with Gasteiger partial charge in [-0.15, -0.1) is 0 Å². The summed E-state index contributed by atoms with van der Waals surface area (Å²) in [6.45, 7) is -0.200. The van der Waals surface area contributed by atoms with Gasteiger partial charge in [0.05, 0.1) is 17.7 Å². The third kappa shape index (κ3) is 3.16. The zero-order valence-corrected chi connectivity index (χ0v) is 13.6. The van der Waals surface area contributed by atoms with E-state index in [0.29, 0.717) is 17.8 Å². The Morgan fingerprint density at radius 3 is 2.50 bits per heavy atom. The summed E-state index contributed by atoms with van der Waals surface area (Å²) in [6.07, 6.45) is -1.63. The molecule has 1 heterocycles. The van der Waals surface area contributed by atoms with Crippen LogP contribution in [0.15, 0.2) is 30.3 Å². The van der Waals surface area contributed by atoms with E-state index < -0.39 is 24.2 Å². The van der Waals surface area contributed by atoms with Crippen molar-refractivity contribution < 1.29 is 15.3 Å². The minimum atomic E-state index is -1.03. The highest BCUT2D eigenvalue weighted by Gasteiger charge is 2.41. The number of hydrogen-bond acceptors (Lipinski definition) is 7. The first kappa shape index (κ1) is 16.9. The normalized spacial score (nSPS) is 26.5. The van der Waals surface area contributed by atoms with E-state index in [-0.39, 0.29) is 17.7 Å². The van der Waals surface area contributed by atoms with Crippen LogP contribution in [0, 0.1) is 5.92 Å². The molecule has 24 heavy (non-hydrogen) atoms. The first-order chi connectivity index (χ1) is 11.5. The van der Waals surface area contributed by atoms with Crippen LogP contribution in [0.1, 0.15) is 6.42 Å². The van der Waals surface area contributed by atoms with Crippen LogP contribution in [-0.4, -0.2) is 50.1 Å². The molecule has 1 aliphatic rings. The van der Waals surface area contributed by atoms with Crippen molar-refractivity contribution in [3.05, 3.63) is 35.5 Å². The number of hydrogen-bond donors (Lipinski definition) is 5. The van der Waals surface area contributed by atoms with Crippen molar-refractivity contribution in [2.75, 3.05) is 17.7 Å². The monoisotopic (exact) mass is 350 g/mol. The molecule has 1 aromatic carbocycles. The molecule has 4 atom stereocenters. The summed E-state index contributed by atoms with van der Waals surface area (Å²) < 4.78 is 0. The molecule has 1 saturated carbocycles. The smallest absolute Gasteiger partial charge is 0.223 e. The van der Waals surface area contributed by atoms with Crippen LogP contribution in [0.4, 0.5) is 11.8 Å². The number of nitrogen functional groups attached to an aromatic ring is 1. The largest absolute Gasteiger partial charge is 0.396 e. The fraction of sp³-hybridized carbons (Fsp3) is 0.375. The van der Waals surface area contributed by atoms with Gasteiger partial charge in [0.2, 0.25) is 5.95 Å². The molecule has 0 amide bonds. The Bertz CT molecular complexity index is 716. The molecular formula is C16H19ClN4O3. The molecule has 0 spiro atoms. The van der Waals surface area contributed by atoms with Gasteiger partial charge in [-0.05, 0) is 12.0 Å². The maximum Gasteiger partial charge on any atom is 0.223 e. The highest BCUT2D eigenvalue weighted by atomic mass is 35.5. The van der Waals surface area contributed by atoms with Gasteiger partial charge in [-0.2, -0.15) is 4.98 Å². The van der Waals surface area contributed by atoms with Crippen molar-refractivity contribution in [1.82, 2.24) is 9.97 Å². The molecule has 6 N–H and O–H groups in total. The van der Waals surface area contributed by atoms with Gasteiger partial charge in [-0.25, -0.2) is 4.98 Å². The summed E-state index contributed by atoms with van der Waals surface area (Å²) in [6, 6.07) is 8.85. The molecule has 128 valence electrons. The second-order valence-corrected chi connectivity index (χ2v) is 6.23. The van der Waals surface area contributed by atoms with Gasteiger partial charge >= 0.3 is 0 Å². The van der Waals surface area contributed by atoms with E-state index in [0.717, 1.165) is 5.56 Å². The van der Waals surface area contributed by atoms with Gasteiger partial charge < -0.3 is 26.4 Å². The molecule has 1 fully saturated rings. The lowest BCUT2D eigenvalue weighted by molar-refractivity contribution is 0.00446. The molecule has 0 radical (unpaired) electrons. The molecule has 3 rings (SSSR count). The Morgan fingerprint density at radius 1 is 1.17 bits per heavy atom. The van der Waals surface area contributed by atoms with E-state index in [1.165, 1.54) is 0 Å². The molecule has 7 nitrogen and oxygen atoms in total. The SMILES string of the molecule is Nc1nc(Cl)c(-c2ccccc2)c(NC2CC(CO)C(O)C2O)n1. The maximum absolute atomic E-state index is 10.2. The second-order valence-electron chi connectivity index (χ2n) is 5.87. The average molecular weight is 351 g/mol. The van der Waals surface area contributed by atoms with E-state index in [2.05, 4.69) is 15.3 Å². The lowest BCUT2D eigenvalue weighted by atomic mass is 10.1. The lowest BCUT2D eigenvalue weighted by Crippen LogP contribution is -2.35. The number of nitrogens with zero attached hydrogens (tertiary/aromatic N) is 2. The number of aromatic nitrogens is 2. The summed E-state index contributed by atoms with van der Waals surface area (Å²) in [5, 5.41) is 32.7. The number of halogens is 1. The molecule has 4 unspecified atom stereocenters. The Kier molecular flexibility index (Phi) is 4.86.